The molecule has 1 N–H and O–H groups in total. The van der Waals surface area contributed by atoms with Crippen LogP contribution in [0.15, 0.2) is 18.5 Å². The number of nitrogens with one attached hydrogen (secondary N) is 1. The van der Waals surface area contributed by atoms with Crippen molar-refractivity contribution in [3.05, 3.63) is 24.0 Å². The second-order valence-corrected chi connectivity index (χ2v) is 2.64. The van der Waals surface area contributed by atoms with E-state index >= 15 is 0 Å². The van der Waals surface area contributed by atoms with E-state index in [0.717, 1.165) is 11.0 Å². The van der Waals surface area contributed by atoms with Gasteiger partial charge in [-0.25, -0.2) is 4.98 Å². The van der Waals surface area contributed by atoms with E-state index < -0.39 is 0 Å². The smallest absolute Gasteiger partial charge is 0.137 e. The van der Waals surface area contributed by atoms with Crippen molar-refractivity contribution in [1.82, 2.24) is 9.97 Å². The maximum Gasteiger partial charge on any atom is 0.137 e. The number of pyridine rings is 1. The highest BCUT2D eigenvalue weighted by atomic mass is 14.8. The average molecular weight is 172 g/mol. The summed E-state index contributed by atoms with van der Waals surface area (Å²) in [5.41, 5.74) is 2.79. The van der Waals surface area contributed by atoms with Crippen molar-refractivity contribution in [2.24, 2.45) is 0 Å². The fourth-order valence-corrected chi connectivity index (χ4v) is 1.15. The summed E-state index contributed by atoms with van der Waals surface area (Å²) in [6.07, 6.45) is 3.58. The SMILES string of the molecule is CC.[B]c1cnc2[nH]cc(C)c2c1. The number of nitrogens with zero attached hydrogens (tertiary/aromatic N) is 1. The van der Waals surface area contributed by atoms with Crippen LogP contribution in [0.4, 0.5) is 0 Å². The molecule has 0 unspecified atom stereocenters. The van der Waals surface area contributed by atoms with Crippen molar-refractivity contribution in [3.63, 3.8) is 0 Å². The van der Waals surface area contributed by atoms with Gasteiger partial charge in [0.25, 0.3) is 0 Å². The summed E-state index contributed by atoms with van der Waals surface area (Å²) in [6, 6.07) is 1.92. The van der Waals surface area contributed by atoms with Crippen LogP contribution in [-0.4, -0.2) is 17.8 Å². The molecule has 0 aliphatic rings. The largest absolute Gasteiger partial charge is 0.346 e. The van der Waals surface area contributed by atoms with Crippen LogP contribution in [0.1, 0.15) is 19.4 Å². The Morgan fingerprint density at radius 2 is 2.08 bits per heavy atom. The Morgan fingerprint density at radius 3 is 2.77 bits per heavy atom. The van der Waals surface area contributed by atoms with Gasteiger partial charge in [0.2, 0.25) is 0 Å². The van der Waals surface area contributed by atoms with Crippen LogP contribution in [0.5, 0.6) is 0 Å². The molecule has 0 spiro atoms. The summed E-state index contributed by atoms with van der Waals surface area (Å²) in [5, 5.41) is 1.10. The molecule has 0 atom stereocenters. The van der Waals surface area contributed by atoms with Crippen LogP contribution in [0.3, 0.4) is 0 Å². The summed E-state index contributed by atoms with van der Waals surface area (Å²) in [5.74, 6) is 0. The molecular formula is C10H13BN2. The van der Waals surface area contributed by atoms with Crippen molar-refractivity contribution in [1.29, 1.82) is 0 Å². The molecule has 13 heavy (non-hydrogen) atoms. The van der Waals surface area contributed by atoms with E-state index in [0.29, 0.717) is 5.46 Å². The number of aromatic nitrogens is 2. The van der Waals surface area contributed by atoms with Crippen LogP contribution in [0.2, 0.25) is 0 Å². The summed E-state index contributed by atoms with van der Waals surface area (Å²) in [6.45, 7) is 6.03. The summed E-state index contributed by atoms with van der Waals surface area (Å²) in [7, 11) is 5.58. The molecule has 66 valence electrons. The van der Waals surface area contributed by atoms with Crippen LogP contribution >= 0.6 is 0 Å². The molecule has 0 saturated carbocycles. The predicted molar refractivity (Wildman–Crippen MR) is 57.6 cm³/mol. The number of fused-ring (bicyclic) bond motifs is 1. The molecule has 0 aromatic carbocycles. The fraction of sp³-hybridized carbons (Fsp3) is 0.300. The number of hydrogen-bond acceptors (Lipinski definition) is 1. The number of rotatable bonds is 0. The van der Waals surface area contributed by atoms with E-state index in [4.69, 9.17) is 7.85 Å². The molecule has 2 aromatic heterocycles. The van der Waals surface area contributed by atoms with Gasteiger partial charge in [-0.15, -0.1) is 0 Å². The van der Waals surface area contributed by atoms with Gasteiger partial charge in [0.15, 0.2) is 0 Å². The van der Waals surface area contributed by atoms with E-state index in [-0.39, 0.29) is 0 Å². The van der Waals surface area contributed by atoms with Crippen LogP contribution in [0.25, 0.3) is 11.0 Å². The Balaban J connectivity index is 0.000000396. The maximum atomic E-state index is 5.58. The van der Waals surface area contributed by atoms with E-state index in [1.807, 2.05) is 33.0 Å². The Bertz CT molecular complexity index is 393. The van der Waals surface area contributed by atoms with Gasteiger partial charge in [0.1, 0.15) is 13.5 Å². The molecule has 2 nitrogen and oxygen atoms in total. The lowest BCUT2D eigenvalue weighted by Gasteiger charge is -1.92. The van der Waals surface area contributed by atoms with E-state index in [9.17, 15) is 0 Å². The zero-order valence-corrected chi connectivity index (χ0v) is 8.26. The van der Waals surface area contributed by atoms with Gasteiger partial charge >= 0.3 is 0 Å². The molecule has 2 rings (SSSR count). The molecule has 0 aliphatic carbocycles. The van der Waals surface area contributed by atoms with Crippen molar-refractivity contribution in [2.75, 3.05) is 0 Å². The zero-order chi connectivity index (χ0) is 9.84. The monoisotopic (exact) mass is 172 g/mol. The molecule has 2 heterocycles. The first-order chi connectivity index (χ1) is 6.27. The first-order valence-electron chi connectivity index (χ1n) is 4.46. The van der Waals surface area contributed by atoms with Crippen LogP contribution < -0.4 is 5.46 Å². The lowest BCUT2D eigenvalue weighted by Crippen LogP contribution is -2.01. The third kappa shape index (κ3) is 1.91. The minimum absolute atomic E-state index is 0.709. The summed E-state index contributed by atoms with van der Waals surface area (Å²) < 4.78 is 0. The normalized spacial score (nSPS) is 9.46. The summed E-state index contributed by atoms with van der Waals surface area (Å²) >= 11 is 0. The zero-order valence-electron chi connectivity index (χ0n) is 8.26. The van der Waals surface area contributed by atoms with Crippen molar-refractivity contribution >= 4 is 24.3 Å². The second-order valence-electron chi connectivity index (χ2n) is 2.64. The number of H-pyrrole nitrogens is 1. The van der Waals surface area contributed by atoms with Gasteiger partial charge in [-0.2, -0.15) is 0 Å². The van der Waals surface area contributed by atoms with Crippen molar-refractivity contribution in [2.45, 2.75) is 20.8 Å². The van der Waals surface area contributed by atoms with Gasteiger partial charge in [-0.1, -0.05) is 25.4 Å². The standard InChI is InChI=1S/C8H7BN2.C2H6/c1-5-3-10-8-7(5)2-6(9)4-11-8;1-2/h2-4H,1H3,(H,10,11);1-2H3. The van der Waals surface area contributed by atoms with Crippen molar-refractivity contribution < 1.29 is 0 Å². The Kier molecular flexibility index (Phi) is 3.12. The number of aromatic amines is 1. The summed E-state index contributed by atoms with van der Waals surface area (Å²) in [4.78, 5) is 7.17. The first-order valence-corrected chi connectivity index (χ1v) is 4.46. The number of aryl methyl sites for hydroxylation is 1. The molecule has 2 radical (unpaired) electrons. The molecule has 0 fully saturated rings. The molecule has 2 aromatic rings. The Hall–Kier alpha value is -1.25. The van der Waals surface area contributed by atoms with Gasteiger partial charge < -0.3 is 4.98 Å². The highest BCUT2D eigenvalue weighted by Crippen LogP contribution is 2.12. The lowest BCUT2D eigenvalue weighted by molar-refractivity contribution is 1.33. The van der Waals surface area contributed by atoms with Gasteiger partial charge in [0, 0.05) is 17.8 Å². The maximum absolute atomic E-state index is 5.58. The van der Waals surface area contributed by atoms with Gasteiger partial charge in [0.05, 0.1) is 0 Å². The topological polar surface area (TPSA) is 28.7 Å². The Morgan fingerprint density at radius 1 is 1.38 bits per heavy atom. The van der Waals surface area contributed by atoms with Crippen molar-refractivity contribution in [3.8, 4) is 0 Å². The fourth-order valence-electron chi connectivity index (χ4n) is 1.15. The minimum atomic E-state index is 0.709. The first kappa shape index (κ1) is 9.84. The highest BCUT2D eigenvalue weighted by molar-refractivity contribution is 6.32. The van der Waals surface area contributed by atoms with Crippen LogP contribution in [0, 0.1) is 6.92 Å². The van der Waals surface area contributed by atoms with E-state index in [1.165, 1.54) is 5.56 Å². The van der Waals surface area contributed by atoms with E-state index in [2.05, 4.69) is 9.97 Å². The minimum Gasteiger partial charge on any atom is -0.346 e. The third-order valence-electron chi connectivity index (χ3n) is 1.76. The molecule has 0 amide bonds. The molecule has 0 aliphatic heterocycles. The second kappa shape index (κ2) is 4.12. The molecule has 3 heteroatoms. The average Bonchev–Trinajstić information content (AvgIpc) is 2.52. The van der Waals surface area contributed by atoms with Crippen LogP contribution in [-0.2, 0) is 0 Å². The Labute approximate surface area is 79.8 Å². The number of hydrogen-bond donors (Lipinski definition) is 1. The third-order valence-corrected chi connectivity index (χ3v) is 1.76. The van der Waals surface area contributed by atoms with E-state index in [1.54, 1.807) is 6.20 Å². The highest BCUT2D eigenvalue weighted by Gasteiger charge is 1.98. The lowest BCUT2D eigenvalue weighted by atomic mass is 9.97. The predicted octanol–water partition coefficient (Wildman–Crippen LogP) is 1.69. The van der Waals surface area contributed by atoms with Gasteiger partial charge in [-0.3, -0.25) is 0 Å². The quantitative estimate of drug-likeness (QED) is 0.602. The molecule has 0 bridgehead atoms. The van der Waals surface area contributed by atoms with Gasteiger partial charge in [-0.05, 0) is 12.5 Å². The molecular weight excluding hydrogens is 159 g/mol. The molecule has 0 saturated heterocycles.